The minimum Gasteiger partial charge on any atom is -0.424 e. The van der Waals surface area contributed by atoms with Gasteiger partial charge in [-0.15, -0.1) is 0 Å². The number of H-pyrrole nitrogens is 1. The van der Waals surface area contributed by atoms with E-state index >= 15 is 0 Å². The van der Waals surface area contributed by atoms with Crippen LogP contribution in [0.4, 0.5) is 23.1 Å². The SMILES string of the molecule is CC(=O)Nc1ccc(Oc2nc(Nc3cc(C4CC4)[nH]n3)cc(N3CCOCC3)n2)cc1. The number of carbonyl (C=O) groups is 1. The van der Waals surface area contributed by atoms with Crippen molar-refractivity contribution < 1.29 is 14.3 Å². The maximum absolute atomic E-state index is 11.2. The number of nitrogens with one attached hydrogen (secondary N) is 3. The first kappa shape index (κ1) is 20.3. The fourth-order valence-electron chi connectivity index (χ4n) is 3.53. The first-order chi connectivity index (χ1) is 15.6. The predicted octanol–water partition coefficient (Wildman–Crippen LogP) is 3.41. The first-order valence-electron chi connectivity index (χ1n) is 10.7. The number of rotatable bonds is 7. The highest BCUT2D eigenvalue weighted by atomic mass is 16.5. The molecule has 0 bridgehead atoms. The highest BCUT2D eigenvalue weighted by Gasteiger charge is 2.25. The molecule has 2 aliphatic rings. The van der Waals surface area contributed by atoms with E-state index in [2.05, 4.69) is 35.7 Å². The second-order valence-corrected chi connectivity index (χ2v) is 7.91. The summed E-state index contributed by atoms with van der Waals surface area (Å²) in [5, 5.41) is 13.5. The van der Waals surface area contributed by atoms with Gasteiger partial charge in [0.2, 0.25) is 5.91 Å². The van der Waals surface area contributed by atoms with Gasteiger partial charge >= 0.3 is 6.01 Å². The average Bonchev–Trinajstić information content (AvgIpc) is 3.54. The highest BCUT2D eigenvalue weighted by Crippen LogP contribution is 2.39. The molecule has 0 atom stereocenters. The lowest BCUT2D eigenvalue weighted by Gasteiger charge is -2.28. The van der Waals surface area contributed by atoms with Crippen molar-refractivity contribution in [2.24, 2.45) is 0 Å². The molecular weight excluding hydrogens is 410 g/mol. The number of aromatic nitrogens is 4. The van der Waals surface area contributed by atoms with Crippen LogP contribution in [0.15, 0.2) is 36.4 Å². The van der Waals surface area contributed by atoms with Crippen LogP contribution in [0.2, 0.25) is 0 Å². The number of ether oxygens (including phenoxy) is 2. The summed E-state index contributed by atoms with van der Waals surface area (Å²) < 4.78 is 11.4. The number of carbonyl (C=O) groups excluding carboxylic acids is 1. The predicted molar refractivity (Wildman–Crippen MR) is 120 cm³/mol. The van der Waals surface area contributed by atoms with Gasteiger partial charge in [0.25, 0.3) is 0 Å². The van der Waals surface area contributed by atoms with E-state index < -0.39 is 0 Å². The maximum atomic E-state index is 11.2. The Balaban J connectivity index is 1.38. The first-order valence-corrected chi connectivity index (χ1v) is 10.7. The lowest BCUT2D eigenvalue weighted by molar-refractivity contribution is -0.114. The van der Waals surface area contributed by atoms with E-state index in [1.54, 1.807) is 24.3 Å². The molecule has 1 aliphatic heterocycles. The summed E-state index contributed by atoms with van der Waals surface area (Å²) in [6.07, 6.45) is 2.41. The Bertz CT molecular complexity index is 1090. The third-order valence-corrected chi connectivity index (χ3v) is 5.28. The number of morpholine rings is 1. The largest absolute Gasteiger partial charge is 0.424 e. The summed E-state index contributed by atoms with van der Waals surface area (Å²) in [6.45, 7) is 4.26. The molecule has 10 nitrogen and oxygen atoms in total. The molecule has 0 spiro atoms. The number of nitrogens with zero attached hydrogens (tertiary/aromatic N) is 4. The van der Waals surface area contributed by atoms with Crippen LogP contribution in [0.1, 0.15) is 31.4 Å². The molecule has 10 heteroatoms. The number of hydrogen-bond acceptors (Lipinski definition) is 8. The van der Waals surface area contributed by atoms with Gasteiger partial charge in [-0.25, -0.2) is 0 Å². The fourth-order valence-corrected chi connectivity index (χ4v) is 3.53. The van der Waals surface area contributed by atoms with Crippen molar-refractivity contribution in [2.75, 3.05) is 41.8 Å². The van der Waals surface area contributed by atoms with E-state index in [9.17, 15) is 4.79 Å². The van der Waals surface area contributed by atoms with Gasteiger partial charge in [0, 0.05) is 49.4 Å². The summed E-state index contributed by atoms with van der Waals surface area (Å²) in [4.78, 5) is 22.5. The third-order valence-electron chi connectivity index (χ3n) is 5.28. The molecule has 0 radical (unpaired) electrons. The Morgan fingerprint density at radius 1 is 1.12 bits per heavy atom. The summed E-state index contributed by atoms with van der Waals surface area (Å²) in [5.74, 6) is 3.10. The van der Waals surface area contributed by atoms with Crippen LogP contribution in [0.25, 0.3) is 0 Å². The van der Waals surface area contributed by atoms with Crippen LogP contribution in [0, 0.1) is 0 Å². The zero-order valence-corrected chi connectivity index (χ0v) is 17.8. The lowest BCUT2D eigenvalue weighted by atomic mass is 10.3. The Morgan fingerprint density at radius 2 is 1.91 bits per heavy atom. The van der Waals surface area contributed by atoms with Crippen LogP contribution in [-0.4, -0.2) is 52.4 Å². The van der Waals surface area contributed by atoms with Crippen molar-refractivity contribution in [1.82, 2.24) is 20.2 Å². The van der Waals surface area contributed by atoms with E-state index in [1.807, 2.05) is 12.1 Å². The normalized spacial score (nSPS) is 16.0. The monoisotopic (exact) mass is 435 g/mol. The van der Waals surface area contributed by atoms with Crippen molar-refractivity contribution >= 4 is 29.0 Å². The molecule has 3 N–H and O–H groups in total. The Morgan fingerprint density at radius 3 is 2.62 bits per heavy atom. The van der Waals surface area contributed by atoms with Crippen molar-refractivity contribution in [3.05, 3.63) is 42.1 Å². The second kappa shape index (κ2) is 8.83. The van der Waals surface area contributed by atoms with Crippen molar-refractivity contribution in [2.45, 2.75) is 25.7 Å². The van der Waals surface area contributed by atoms with Crippen LogP contribution in [0.5, 0.6) is 11.8 Å². The van der Waals surface area contributed by atoms with Gasteiger partial charge < -0.3 is 25.0 Å². The van der Waals surface area contributed by atoms with E-state index in [-0.39, 0.29) is 11.9 Å². The fraction of sp³-hybridized carbons (Fsp3) is 0.364. The molecule has 0 unspecified atom stereocenters. The van der Waals surface area contributed by atoms with Gasteiger partial charge in [-0.05, 0) is 37.1 Å². The number of hydrogen-bond donors (Lipinski definition) is 3. The molecule has 3 aromatic rings. The number of anilines is 4. The minimum atomic E-state index is -0.126. The van der Waals surface area contributed by atoms with E-state index in [0.29, 0.717) is 42.2 Å². The molecule has 1 amide bonds. The number of amides is 1. The van der Waals surface area contributed by atoms with Crippen molar-refractivity contribution in [3.63, 3.8) is 0 Å². The van der Waals surface area contributed by atoms with Gasteiger partial charge in [-0.2, -0.15) is 15.1 Å². The zero-order chi connectivity index (χ0) is 21.9. The minimum absolute atomic E-state index is 0.126. The smallest absolute Gasteiger partial charge is 0.325 e. The quantitative estimate of drug-likeness (QED) is 0.517. The zero-order valence-electron chi connectivity index (χ0n) is 17.8. The summed E-state index contributed by atoms with van der Waals surface area (Å²) in [7, 11) is 0. The summed E-state index contributed by atoms with van der Waals surface area (Å²) >= 11 is 0. The molecule has 32 heavy (non-hydrogen) atoms. The van der Waals surface area contributed by atoms with Gasteiger partial charge in [0.1, 0.15) is 17.4 Å². The number of aromatic amines is 1. The summed E-state index contributed by atoms with van der Waals surface area (Å²) in [6, 6.07) is 11.2. The van der Waals surface area contributed by atoms with Gasteiger partial charge in [0.05, 0.1) is 13.2 Å². The molecule has 1 saturated heterocycles. The van der Waals surface area contributed by atoms with Crippen molar-refractivity contribution in [1.29, 1.82) is 0 Å². The molecule has 1 aromatic carbocycles. The summed E-state index contributed by atoms with van der Waals surface area (Å²) in [5.41, 5.74) is 1.84. The number of benzene rings is 1. The molecule has 166 valence electrons. The molecule has 1 aliphatic carbocycles. The van der Waals surface area contributed by atoms with Crippen LogP contribution < -0.4 is 20.3 Å². The van der Waals surface area contributed by atoms with Gasteiger partial charge in [-0.1, -0.05) is 0 Å². The molecule has 1 saturated carbocycles. The van der Waals surface area contributed by atoms with Gasteiger partial charge in [-0.3, -0.25) is 9.89 Å². The van der Waals surface area contributed by atoms with E-state index in [4.69, 9.17) is 9.47 Å². The van der Waals surface area contributed by atoms with E-state index in [1.165, 1.54) is 19.8 Å². The Hall–Kier alpha value is -3.66. The Labute approximate surface area is 185 Å². The van der Waals surface area contributed by atoms with E-state index in [0.717, 1.165) is 24.6 Å². The third kappa shape index (κ3) is 4.97. The second-order valence-electron chi connectivity index (χ2n) is 7.91. The Kier molecular flexibility index (Phi) is 5.59. The molecule has 2 aromatic heterocycles. The average molecular weight is 435 g/mol. The van der Waals surface area contributed by atoms with Crippen LogP contribution in [-0.2, 0) is 9.53 Å². The van der Waals surface area contributed by atoms with Crippen LogP contribution in [0.3, 0.4) is 0 Å². The molecular formula is C22H25N7O3. The van der Waals surface area contributed by atoms with Gasteiger partial charge in [0.15, 0.2) is 5.82 Å². The topological polar surface area (TPSA) is 117 Å². The molecule has 3 heterocycles. The molecule has 5 rings (SSSR count). The van der Waals surface area contributed by atoms with Crippen LogP contribution >= 0.6 is 0 Å². The highest BCUT2D eigenvalue weighted by molar-refractivity contribution is 5.88. The lowest BCUT2D eigenvalue weighted by Crippen LogP contribution is -2.36. The maximum Gasteiger partial charge on any atom is 0.325 e. The van der Waals surface area contributed by atoms with Crippen molar-refractivity contribution in [3.8, 4) is 11.8 Å². The standard InChI is InChI=1S/C22H25N7O3/c1-14(30)23-16-4-6-17(7-5-16)32-22-25-19(13-21(26-22)29-8-10-31-11-9-29)24-20-12-18(27-28-20)15-2-3-15/h4-7,12-13,15H,2-3,8-11H2,1H3,(H,23,30)(H2,24,25,26,27,28). The molecule has 2 fully saturated rings.